The van der Waals surface area contributed by atoms with E-state index >= 15 is 0 Å². The quantitative estimate of drug-likeness (QED) is 0.664. The van der Waals surface area contributed by atoms with Crippen LogP contribution in [0.2, 0.25) is 0 Å². The maximum Gasteiger partial charge on any atom is 0.135 e. The molecule has 2 heteroatoms. The van der Waals surface area contributed by atoms with Crippen LogP contribution in [0.25, 0.3) is 0 Å². The number of nitrogens with zero attached hydrogens (tertiary/aromatic N) is 2. The van der Waals surface area contributed by atoms with Crippen LogP contribution >= 0.6 is 0 Å². The van der Waals surface area contributed by atoms with E-state index in [1.54, 1.807) is 0 Å². The lowest BCUT2D eigenvalue weighted by molar-refractivity contribution is 0.970. The highest BCUT2D eigenvalue weighted by molar-refractivity contribution is 5.67. The SMILES string of the molecule is CN1c2ccccc2CCc2cccnc21. The van der Waals surface area contributed by atoms with Crippen LogP contribution in [0.4, 0.5) is 11.5 Å². The Balaban J connectivity index is 2.18. The van der Waals surface area contributed by atoms with Crippen molar-refractivity contribution in [3.05, 3.63) is 53.7 Å². The molecule has 0 amide bonds. The molecule has 2 heterocycles. The Bertz CT molecular complexity index is 472. The third kappa shape index (κ3) is 1.38. The summed E-state index contributed by atoms with van der Waals surface area (Å²) in [6, 6.07) is 12.8. The highest BCUT2D eigenvalue weighted by atomic mass is 15.2. The first-order valence-corrected chi connectivity index (χ1v) is 5.62. The minimum absolute atomic E-state index is 1.07. The molecule has 2 nitrogen and oxygen atoms in total. The molecule has 0 N–H and O–H groups in total. The summed E-state index contributed by atoms with van der Waals surface area (Å²) in [6.07, 6.45) is 4.03. The summed E-state index contributed by atoms with van der Waals surface area (Å²) in [5.41, 5.74) is 4.02. The summed E-state index contributed by atoms with van der Waals surface area (Å²) >= 11 is 0. The molecular formula is C14H14N2. The molecular weight excluding hydrogens is 196 g/mol. The Labute approximate surface area is 95.6 Å². The zero-order valence-electron chi connectivity index (χ0n) is 9.35. The first kappa shape index (κ1) is 9.40. The summed E-state index contributed by atoms with van der Waals surface area (Å²) in [5, 5.41) is 0. The number of hydrogen-bond donors (Lipinski definition) is 0. The molecule has 0 unspecified atom stereocenters. The van der Waals surface area contributed by atoms with E-state index in [9.17, 15) is 0 Å². The van der Waals surface area contributed by atoms with E-state index in [1.165, 1.54) is 16.8 Å². The first-order valence-electron chi connectivity index (χ1n) is 5.62. The van der Waals surface area contributed by atoms with Crippen molar-refractivity contribution in [2.24, 2.45) is 0 Å². The van der Waals surface area contributed by atoms with Crippen molar-refractivity contribution in [3.63, 3.8) is 0 Å². The van der Waals surface area contributed by atoms with Gasteiger partial charge in [0.1, 0.15) is 5.82 Å². The highest BCUT2D eigenvalue weighted by Crippen LogP contribution is 2.32. The smallest absolute Gasteiger partial charge is 0.135 e. The number of benzene rings is 1. The molecule has 1 aromatic heterocycles. The molecule has 80 valence electrons. The number of rotatable bonds is 0. The Kier molecular flexibility index (Phi) is 2.13. The molecule has 0 saturated carbocycles. The zero-order valence-corrected chi connectivity index (χ0v) is 9.35. The maximum atomic E-state index is 4.49. The molecule has 0 saturated heterocycles. The fourth-order valence-electron chi connectivity index (χ4n) is 2.36. The minimum atomic E-state index is 1.07. The summed E-state index contributed by atoms with van der Waals surface area (Å²) in [7, 11) is 2.09. The van der Waals surface area contributed by atoms with Gasteiger partial charge in [0.05, 0.1) is 0 Å². The van der Waals surface area contributed by atoms with E-state index in [-0.39, 0.29) is 0 Å². The van der Waals surface area contributed by atoms with Crippen LogP contribution in [0.1, 0.15) is 11.1 Å². The molecule has 0 bridgehead atoms. The fourth-order valence-corrected chi connectivity index (χ4v) is 2.36. The third-order valence-electron chi connectivity index (χ3n) is 3.20. The Morgan fingerprint density at radius 1 is 1.00 bits per heavy atom. The number of para-hydroxylation sites is 1. The number of pyridine rings is 1. The molecule has 0 aliphatic carbocycles. The lowest BCUT2D eigenvalue weighted by Crippen LogP contribution is -2.12. The van der Waals surface area contributed by atoms with E-state index in [4.69, 9.17) is 0 Å². The number of aryl methyl sites for hydroxylation is 2. The molecule has 16 heavy (non-hydrogen) atoms. The van der Waals surface area contributed by atoms with Gasteiger partial charge in [-0.25, -0.2) is 4.98 Å². The number of fused-ring (bicyclic) bond motifs is 2. The minimum Gasteiger partial charge on any atom is -0.329 e. The maximum absolute atomic E-state index is 4.49. The molecule has 0 radical (unpaired) electrons. The van der Waals surface area contributed by atoms with Crippen LogP contribution in [0, 0.1) is 0 Å². The van der Waals surface area contributed by atoms with Crippen molar-refractivity contribution < 1.29 is 0 Å². The van der Waals surface area contributed by atoms with E-state index in [2.05, 4.69) is 47.3 Å². The van der Waals surface area contributed by atoms with Gasteiger partial charge in [-0.05, 0) is 36.1 Å². The van der Waals surface area contributed by atoms with E-state index < -0.39 is 0 Å². The average molecular weight is 210 g/mol. The standard InChI is InChI=1S/C14H14N2/c1-16-13-7-3-2-5-11(13)8-9-12-6-4-10-15-14(12)16/h2-7,10H,8-9H2,1H3. The molecule has 1 aliphatic heterocycles. The molecule has 1 aromatic carbocycles. The summed E-state index contributed by atoms with van der Waals surface area (Å²) in [4.78, 5) is 6.68. The number of aromatic nitrogens is 1. The van der Waals surface area contributed by atoms with Gasteiger partial charge in [0.15, 0.2) is 0 Å². The Morgan fingerprint density at radius 2 is 1.75 bits per heavy atom. The van der Waals surface area contributed by atoms with Gasteiger partial charge in [0.25, 0.3) is 0 Å². The van der Waals surface area contributed by atoms with Gasteiger partial charge >= 0.3 is 0 Å². The van der Waals surface area contributed by atoms with Crippen molar-refractivity contribution in [1.82, 2.24) is 4.98 Å². The molecule has 1 aliphatic rings. The van der Waals surface area contributed by atoms with E-state index in [1.807, 2.05) is 12.3 Å². The van der Waals surface area contributed by atoms with Crippen molar-refractivity contribution in [1.29, 1.82) is 0 Å². The number of hydrogen-bond acceptors (Lipinski definition) is 2. The monoisotopic (exact) mass is 210 g/mol. The summed E-state index contributed by atoms with van der Waals surface area (Å²) in [5.74, 6) is 1.09. The van der Waals surface area contributed by atoms with E-state index in [0.29, 0.717) is 0 Å². The van der Waals surface area contributed by atoms with Crippen molar-refractivity contribution >= 4 is 11.5 Å². The van der Waals surface area contributed by atoms with Gasteiger partial charge in [0.2, 0.25) is 0 Å². The predicted molar refractivity (Wildman–Crippen MR) is 66.2 cm³/mol. The van der Waals surface area contributed by atoms with Gasteiger partial charge in [-0.1, -0.05) is 24.3 Å². The van der Waals surface area contributed by atoms with Gasteiger partial charge in [-0.3, -0.25) is 0 Å². The normalized spacial score (nSPS) is 13.9. The van der Waals surface area contributed by atoms with Crippen molar-refractivity contribution in [2.75, 3.05) is 11.9 Å². The van der Waals surface area contributed by atoms with Crippen LogP contribution < -0.4 is 4.90 Å². The van der Waals surface area contributed by atoms with Crippen LogP contribution in [0.15, 0.2) is 42.6 Å². The van der Waals surface area contributed by atoms with Crippen LogP contribution in [0.5, 0.6) is 0 Å². The second-order valence-corrected chi connectivity index (χ2v) is 4.17. The van der Waals surface area contributed by atoms with Crippen LogP contribution in [0.3, 0.4) is 0 Å². The fraction of sp³-hybridized carbons (Fsp3) is 0.214. The topological polar surface area (TPSA) is 16.1 Å². The van der Waals surface area contributed by atoms with E-state index in [0.717, 1.165) is 18.7 Å². The summed E-state index contributed by atoms with van der Waals surface area (Å²) < 4.78 is 0. The number of anilines is 2. The highest BCUT2D eigenvalue weighted by Gasteiger charge is 2.17. The third-order valence-corrected chi connectivity index (χ3v) is 3.20. The Morgan fingerprint density at radius 3 is 2.69 bits per heavy atom. The van der Waals surface area contributed by atoms with Crippen LogP contribution in [-0.2, 0) is 12.8 Å². The van der Waals surface area contributed by atoms with Crippen molar-refractivity contribution in [3.8, 4) is 0 Å². The first-order chi connectivity index (χ1) is 7.86. The Hall–Kier alpha value is -1.83. The molecule has 2 aromatic rings. The largest absolute Gasteiger partial charge is 0.329 e. The molecule has 0 spiro atoms. The van der Waals surface area contributed by atoms with Gasteiger partial charge in [-0.2, -0.15) is 0 Å². The van der Waals surface area contributed by atoms with Gasteiger partial charge < -0.3 is 4.90 Å². The second kappa shape index (κ2) is 3.63. The summed E-state index contributed by atoms with van der Waals surface area (Å²) in [6.45, 7) is 0. The van der Waals surface area contributed by atoms with Gasteiger partial charge in [0, 0.05) is 18.9 Å². The predicted octanol–water partition coefficient (Wildman–Crippen LogP) is 2.95. The average Bonchev–Trinajstić information content (AvgIpc) is 2.49. The lowest BCUT2D eigenvalue weighted by Gasteiger charge is -2.20. The molecule has 0 fully saturated rings. The zero-order chi connectivity index (χ0) is 11.0. The van der Waals surface area contributed by atoms with Gasteiger partial charge in [-0.15, -0.1) is 0 Å². The second-order valence-electron chi connectivity index (χ2n) is 4.17. The van der Waals surface area contributed by atoms with Crippen LogP contribution in [-0.4, -0.2) is 12.0 Å². The lowest BCUT2D eigenvalue weighted by atomic mass is 10.1. The molecule has 0 atom stereocenters. The van der Waals surface area contributed by atoms with Crippen molar-refractivity contribution in [2.45, 2.75) is 12.8 Å². The molecule has 3 rings (SSSR count).